The summed E-state index contributed by atoms with van der Waals surface area (Å²) < 4.78 is 24.3. The van der Waals surface area contributed by atoms with Crippen LogP contribution in [0.1, 0.15) is 88.1 Å². The Bertz CT molecular complexity index is 4610. The van der Waals surface area contributed by atoms with Crippen LogP contribution in [0.15, 0.2) is 42.0 Å². The smallest absolute Gasteiger partial charge is 0.325 e. The molecule has 0 bridgehead atoms. The van der Waals surface area contributed by atoms with Crippen molar-refractivity contribution in [1.82, 2.24) is 0 Å². The van der Waals surface area contributed by atoms with Crippen LogP contribution in [0.2, 0.25) is 0 Å². The molecule has 10 aliphatic carbocycles. The summed E-state index contributed by atoms with van der Waals surface area (Å²) in [5, 5.41) is 61.0. The molecule has 0 aromatic heterocycles. The Morgan fingerprint density at radius 2 is 1.22 bits per heavy atom. The number of rotatable bonds is 13. The van der Waals surface area contributed by atoms with Gasteiger partial charge in [0.1, 0.15) is 26.4 Å². The number of carbonyl (C=O) groups excluding carboxylic acids is 4. The molecule has 4 N–H and O–H groups in total. The predicted octanol–water partition coefficient (Wildman–Crippen LogP) is 7.47. The molecule has 0 heterocycles. The number of carbonyl (C=O) groups is 4. The fraction of sp³-hybridized carbons (Fsp3) is 0.355. The Balaban J connectivity index is 1.07. The maximum atomic E-state index is 15.9. The van der Waals surface area contributed by atoms with E-state index in [0.717, 1.165) is 131 Å². The van der Waals surface area contributed by atoms with E-state index >= 15 is 19.2 Å². The number of fused-ring (bicyclic) bond motifs is 1. The van der Waals surface area contributed by atoms with Gasteiger partial charge < -0.3 is 39.4 Å². The summed E-state index contributed by atoms with van der Waals surface area (Å²) in [5.41, 5.74) is 3.24. The molecule has 0 saturated heterocycles. The summed E-state index contributed by atoms with van der Waals surface area (Å²) >= 11 is 0. The first-order valence-corrected chi connectivity index (χ1v) is 26.4. The highest BCUT2D eigenvalue weighted by molar-refractivity contribution is 6.56. The van der Waals surface area contributed by atoms with E-state index in [1.165, 1.54) is 22.1 Å². The van der Waals surface area contributed by atoms with Crippen molar-refractivity contribution in [3.8, 4) is 0 Å². The van der Waals surface area contributed by atoms with Gasteiger partial charge in [0.15, 0.2) is 10.8 Å². The standard InChI is InChI=1S/C62H42O12/c1-57(53(67)71-12-8-63,54(68)72-13-9-64)59-7-5-24-18-25-17-23-4-6-58-21-28-20-27-19-26-16-22-2-3-29(59)35-30(22)36-32(26)45-47-43-40(36)39(35)46-42-38(34(24)51(46)59)31(25)37-33(23)50(58)48(44(37)41(42)43)52(47)60(49(27)45)61(62(28,58)60,55(69)73-14-10-65)56(70)74-15-11-66/h2-4,6,16-19,28,49,51,63-66H,5,7-15,20-21H2,1H3. The summed E-state index contributed by atoms with van der Waals surface area (Å²) in [6, 6.07) is 11.3. The van der Waals surface area contributed by atoms with Crippen LogP contribution in [0.25, 0.3) is 109 Å². The highest BCUT2D eigenvalue weighted by atomic mass is 16.6. The molecule has 10 aliphatic rings. The van der Waals surface area contributed by atoms with Gasteiger partial charge in [0.05, 0.1) is 26.4 Å². The first-order chi connectivity index (χ1) is 36.1. The topological polar surface area (TPSA) is 186 Å². The second-order valence-electron chi connectivity index (χ2n) is 23.9. The number of aliphatic hydroxyl groups is 4. The second kappa shape index (κ2) is 11.2. The molecule has 20 rings (SSSR count). The highest BCUT2D eigenvalue weighted by Crippen LogP contribution is 3.03. The van der Waals surface area contributed by atoms with Gasteiger partial charge in [-0.2, -0.15) is 0 Å². The minimum absolute atomic E-state index is 0.0955. The lowest BCUT2D eigenvalue weighted by atomic mass is 9.38. The van der Waals surface area contributed by atoms with Gasteiger partial charge in [-0.15, -0.1) is 0 Å². The normalized spacial score (nSPS) is 29.3. The maximum Gasteiger partial charge on any atom is 0.325 e. The Hall–Kier alpha value is -6.96. The number of ether oxygens (including phenoxy) is 4. The van der Waals surface area contributed by atoms with Crippen LogP contribution in [-0.2, 0) is 60.8 Å². The maximum absolute atomic E-state index is 15.9. The lowest BCUT2D eigenvalue weighted by Crippen LogP contribution is -2.62. The number of hydrogen-bond donors (Lipinski definition) is 4. The van der Waals surface area contributed by atoms with Crippen LogP contribution in [0, 0.1) is 22.2 Å². The number of aliphatic hydroxyl groups excluding tert-OH is 4. The van der Waals surface area contributed by atoms with Crippen molar-refractivity contribution in [3.05, 3.63) is 92.1 Å². The Labute approximate surface area is 417 Å². The van der Waals surface area contributed by atoms with Crippen molar-refractivity contribution in [2.45, 2.75) is 60.7 Å². The average Bonchev–Trinajstić information content (AvgIpc) is 1.76. The van der Waals surface area contributed by atoms with E-state index in [2.05, 4.69) is 48.6 Å². The van der Waals surface area contributed by atoms with Gasteiger partial charge in [-0.1, -0.05) is 42.0 Å². The second-order valence-corrected chi connectivity index (χ2v) is 23.9. The van der Waals surface area contributed by atoms with E-state index in [9.17, 15) is 20.4 Å². The molecule has 3 spiro atoms. The third-order valence-corrected chi connectivity index (χ3v) is 22.6. The van der Waals surface area contributed by atoms with E-state index in [1.807, 2.05) is 0 Å². The lowest BCUT2D eigenvalue weighted by molar-refractivity contribution is -0.180. The molecule has 10 aromatic rings. The molecule has 12 heteroatoms. The molecule has 0 radical (unpaired) electrons. The van der Waals surface area contributed by atoms with E-state index in [1.54, 1.807) is 6.92 Å². The van der Waals surface area contributed by atoms with Crippen molar-refractivity contribution >= 4 is 133 Å². The zero-order valence-electron chi connectivity index (χ0n) is 39.9. The number of hydrogen-bond acceptors (Lipinski definition) is 12. The summed E-state index contributed by atoms with van der Waals surface area (Å²) in [6.07, 6.45) is 9.34. The lowest BCUT2D eigenvalue weighted by Gasteiger charge is -2.64. The van der Waals surface area contributed by atoms with Crippen molar-refractivity contribution in [2.75, 3.05) is 52.9 Å². The molecule has 7 atom stereocenters. The Morgan fingerprint density at radius 1 is 0.608 bits per heavy atom. The van der Waals surface area contributed by atoms with Crippen LogP contribution in [0.4, 0.5) is 0 Å². The van der Waals surface area contributed by atoms with Crippen molar-refractivity contribution < 1.29 is 58.6 Å². The molecule has 7 unspecified atom stereocenters. The van der Waals surface area contributed by atoms with Gasteiger partial charge in [0.2, 0.25) is 0 Å². The average molecular weight is 979 g/mol. The summed E-state index contributed by atoms with van der Waals surface area (Å²) in [6.45, 7) is -1.11. The summed E-state index contributed by atoms with van der Waals surface area (Å²) in [4.78, 5) is 62.6. The third-order valence-electron chi connectivity index (χ3n) is 22.6. The minimum Gasteiger partial charge on any atom is -0.462 e. The molecule has 0 amide bonds. The Kier molecular flexibility index (Phi) is 5.97. The van der Waals surface area contributed by atoms with Crippen LogP contribution >= 0.6 is 0 Å². The van der Waals surface area contributed by atoms with Gasteiger partial charge in [-0.05, 0) is 198 Å². The van der Waals surface area contributed by atoms with Crippen molar-refractivity contribution in [2.24, 2.45) is 22.2 Å². The van der Waals surface area contributed by atoms with E-state index in [4.69, 9.17) is 18.9 Å². The first kappa shape index (κ1) is 39.5. The van der Waals surface area contributed by atoms with Gasteiger partial charge in [0, 0.05) is 33.5 Å². The van der Waals surface area contributed by atoms with E-state index in [-0.39, 0.29) is 32.3 Å². The van der Waals surface area contributed by atoms with Gasteiger partial charge in [-0.25, -0.2) is 0 Å². The van der Waals surface area contributed by atoms with Crippen LogP contribution in [0.3, 0.4) is 0 Å². The third kappa shape index (κ3) is 3.00. The SMILES string of the molecule is CC(C(=O)OCCO)(C(=O)OCCO)C12CCc3cc4cc5c6c7c8c9c%10c%11c%12c(cc%13ccc1c1c%14c%15c%16c(c3C%152)c4c6c8c%16c%10c%14c%12c%131)C=C1CC2CC7(C=C5)C23C(C(=O)OCCO)(C(=O)OCCO)C93C1%11. The largest absolute Gasteiger partial charge is 0.462 e. The molecule has 362 valence electrons. The fourth-order valence-electron chi connectivity index (χ4n) is 21.6. The van der Waals surface area contributed by atoms with Gasteiger partial charge in [0.25, 0.3) is 0 Å². The molecule has 3 saturated carbocycles. The molecular formula is C62H42O12. The molecule has 3 fully saturated rings. The minimum atomic E-state index is -1.95. The summed E-state index contributed by atoms with van der Waals surface area (Å²) in [7, 11) is 0. The number of benzene rings is 8. The quantitative estimate of drug-likeness (QED) is 0.0294. The molecule has 10 aromatic carbocycles. The molecule has 74 heavy (non-hydrogen) atoms. The van der Waals surface area contributed by atoms with E-state index < -0.39 is 94.6 Å². The molecular weight excluding hydrogens is 937 g/mol. The van der Waals surface area contributed by atoms with Crippen LogP contribution < -0.4 is 0 Å². The van der Waals surface area contributed by atoms with Crippen LogP contribution in [0.5, 0.6) is 0 Å². The van der Waals surface area contributed by atoms with Crippen molar-refractivity contribution in [3.63, 3.8) is 0 Å². The Morgan fingerprint density at radius 3 is 1.95 bits per heavy atom. The number of esters is 4. The van der Waals surface area contributed by atoms with Gasteiger partial charge >= 0.3 is 23.9 Å². The monoisotopic (exact) mass is 978 g/mol. The number of allylic oxidation sites excluding steroid dienone is 2. The van der Waals surface area contributed by atoms with Crippen molar-refractivity contribution in [1.29, 1.82) is 0 Å². The molecule has 0 aliphatic heterocycles. The fourth-order valence-corrected chi connectivity index (χ4v) is 21.6. The van der Waals surface area contributed by atoms with Crippen LogP contribution in [-0.4, -0.2) is 97.2 Å². The number of aryl methyl sites for hydroxylation is 1. The summed E-state index contributed by atoms with van der Waals surface area (Å²) in [5.74, 6) is -3.84. The predicted molar refractivity (Wildman–Crippen MR) is 273 cm³/mol. The van der Waals surface area contributed by atoms with Gasteiger partial charge in [-0.3, -0.25) is 19.2 Å². The zero-order valence-corrected chi connectivity index (χ0v) is 39.9. The van der Waals surface area contributed by atoms with E-state index in [0.29, 0.717) is 25.7 Å². The first-order valence-electron chi connectivity index (χ1n) is 26.4. The molecule has 12 nitrogen and oxygen atoms in total. The zero-order chi connectivity index (χ0) is 49.2. The highest BCUT2D eigenvalue weighted by Gasteiger charge is 3.08.